The van der Waals surface area contributed by atoms with Gasteiger partial charge in [0.05, 0.1) is 19.3 Å². The molecule has 1 aliphatic heterocycles. The van der Waals surface area contributed by atoms with Gasteiger partial charge < -0.3 is 9.47 Å². The SMILES string of the molecule is CCCCC(N=CC1(CCC2(C)OCCO2)C=C2c3ccccc3CC2CC1)c1ccccc1. The van der Waals surface area contributed by atoms with E-state index < -0.39 is 5.79 Å². The van der Waals surface area contributed by atoms with Crippen LogP contribution in [0, 0.1) is 11.3 Å². The standard InChI is InChI=1S/C31H39NO2/c1-3-4-14-29(24-10-6-5-7-11-24)32-23-31(18-17-30(2)33-19-20-34-30)16-15-26-21-25-12-8-9-13-27(25)28(26)22-31/h5-13,22-23,26,29H,3-4,14-21H2,1-2H3. The average molecular weight is 458 g/mol. The largest absolute Gasteiger partial charge is 0.348 e. The number of benzene rings is 2. The molecule has 2 aliphatic carbocycles. The van der Waals surface area contributed by atoms with Crippen molar-refractivity contribution in [3.8, 4) is 0 Å². The van der Waals surface area contributed by atoms with Crippen LogP contribution in [0.1, 0.15) is 81.5 Å². The Morgan fingerprint density at radius 3 is 2.59 bits per heavy atom. The van der Waals surface area contributed by atoms with Crippen LogP contribution in [-0.4, -0.2) is 25.2 Å². The predicted octanol–water partition coefficient (Wildman–Crippen LogP) is 7.57. The number of fused-ring (bicyclic) bond motifs is 3. The van der Waals surface area contributed by atoms with Crippen LogP contribution < -0.4 is 0 Å². The number of allylic oxidation sites excluding steroid dienone is 2. The molecule has 0 aromatic heterocycles. The summed E-state index contributed by atoms with van der Waals surface area (Å²) in [6, 6.07) is 20.0. The molecule has 3 aliphatic rings. The maximum Gasteiger partial charge on any atom is 0.165 e. The highest BCUT2D eigenvalue weighted by molar-refractivity contribution is 5.81. The molecule has 2 aromatic rings. The summed E-state index contributed by atoms with van der Waals surface area (Å²) in [7, 11) is 0. The zero-order valence-electron chi connectivity index (χ0n) is 20.8. The van der Waals surface area contributed by atoms with Crippen LogP contribution >= 0.6 is 0 Å². The molecule has 180 valence electrons. The van der Waals surface area contributed by atoms with Crippen molar-refractivity contribution in [2.45, 2.75) is 77.0 Å². The third-order valence-electron chi connectivity index (χ3n) is 8.11. The van der Waals surface area contributed by atoms with E-state index in [0.717, 1.165) is 25.7 Å². The van der Waals surface area contributed by atoms with Crippen molar-refractivity contribution in [2.75, 3.05) is 13.2 Å². The first kappa shape index (κ1) is 23.5. The predicted molar refractivity (Wildman–Crippen MR) is 140 cm³/mol. The summed E-state index contributed by atoms with van der Waals surface area (Å²) >= 11 is 0. The van der Waals surface area contributed by atoms with Crippen LogP contribution in [0.3, 0.4) is 0 Å². The lowest BCUT2D eigenvalue weighted by atomic mass is 9.70. The van der Waals surface area contributed by atoms with Gasteiger partial charge in [0.2, 0.25) is 0 Å². The molecule has 34 heavy (non-hydrogen) atoms. The monoisotopic (exact) mass is 457 g/mol. The fraction of sp³-hybridized carbons (Fsp3) is 0.516. The van der Waals surface area contributed by atoms with Crippen molar-refractivity contribution in [3.63, 3.8) is 0 Å². The molecular formula is C31H39NO2. The number of hydrogen-bond acceptors (Lipinski definition) is 3. The van der Waals surface area contributed by atoms with Gasteiger partial charge in [-0.1, -0.05) is 80.4 Å². The number of aliphatic imine (C=N–C) groups is 1. The number of nitrogens with zero attached hydrogens (tertiary/aromatic N) is 1. The molecule has 1 fully saturated rings. The molecule has 2 aromatic carbocycles. The van der Waals surface area contributed by atoms with Gasteiger partial charge in [-0.25, -0.2) is 0 Å². The van der Waals surface area contributed by atoms with E-state index >= 15 is 0 Å². The highest BCUT2D eigenvalue weighted by atomic mass is 16.7. The van der Waals surface area contributed by atoms with Crippen LogP contribution in [0.2, 0.25) is 0 Å². The molecule has 3 heteroatoms. The Morgan fingerprint density at radius 1 is 1.03 bits per heavy atom. The van der Waals surface area contributed by atoms with E-state index in [-0.39, 0.29) is 11.5 Å². The minimum atomic E-state index is -0.467. The van der Waals surface area contributed by atoms with Gasteiger partial charge in [0.15, 0.2) is 5.79 Å². The first-order valence-electron chi connectivity index (χ1n) is 13.3. The lowest BCUT2D eigenvalue weighted by Crippen LogP contribution is -2.32. The van der Waals surface area contributed by atoms with Gasteiger partial charge >= 0.3 is 0 Å². The maximum atomic E-state index is 5.98. The smallest absolute Gasteiger partial charge is 0.165 e. The lowest BCUT2D eigenvalue weighted by Gasteiger charge is -2.36. The van der Waals surface area contributed by atoms with E-state index in [4.69, 9.17) is 14.5 Å². The van der Waals surface area contributed by atoms with Crippen molar-refractivity contribution in [2.24, 2.45) is 16.3 Å². The van der Waals surface area contributed by atoms with Gasteiger partial charge in [-0.05, 0) is 67.2 Å². The molecular weight excluding hydrogens is 418 g/mol. The molecule has 5 rings (SSSR count). The van der Waals surface area contributed by atoms with E-state index in [1.807, 2.05) is 0 Å². The molecule has 0 spiro atoms. The van der Waals surface area contributed by atoms with E-state index in [1.54, 1.807) is 0 Å². The van der Waals surface area contributed by atoms with Gasteiger partial charge in [0, 0.05) is 18.1 Å². The Balaban J connectivity index is 1.47. The highest BCUT2D eigenvalue weighted by Gasteiger charge is 2.40. The normalized spacial score (nSPS) is 26.3. The Labute approximate surface area is 205 Å². The number of ether oxygens (including phenoxy) is 2. The molecule has 0 bridgehead atoms. The lowest BCUT2D eigenvalue weighted by molar-refractivity contribution is -0.149. The summed E-state index contributed by atoms with van der Waals surface area (Å²) in [6.45, 7) is 5.75. The Bertz CT molecular complexity index is 1020. The van der Waals surface area contributed by atoms with E-state index in [2.05, 4.69) is 80.7 Å². The van der Waals surface area contributed by atoms with E-state index in [9.17, 15) is 0 Å². The molecule has 0 N–H and O–H groups in total. The molecule has 0 amide bonds. The van der Waals surface area contributed by atoms with Crippen LogP contribution in [0.4, 0.5) is 0 Å². The first-order valence-corrected chi connectivity index (χ1v) is 13.3. The molecule has 3 unspecified atom stereocenters. The van der Waals surface area contributed by atoms with Crippen LogP contribution in [0.15, 0.2) is 65.7 Å². The van der Waals surface area contributed by atoms with Gasteiger partial charge in [-0.2, -0.15) is 0 Å². The maximum absolute atomic E-state index is 5.98. The fourth-order valence-electron chi connectivity index (χ4n) is 6.02. The van der Waals surface area contributed by atoms with Crippen molar-refractivity contribution >= 4 is 11.8 Å². The van der Waals surface area contributed by atoms with E-state index in [1.165, 1.54) is 47.9 Å². The fourth-order valence-corrected chi connectivity index (χ4v) is 6.02. The molecule has 1 saturated heterocycles. The number of hydrogen-bond donors (Lipinski definition) is 0. The summed E-state index contributed by atoms with van der Waals surface area (Å²) < 4.78 is 12.0. The van der Waals surface area contributed by atoms with Crippen molar-refractivity contribution in [3.05, 3.63) is 77.4 Å². The molecule has 0 saturated carbocycles. The molecule has 3 atom stereocenters. The van der Waals surface area contributed by atoms with E-state index in [0.29, 0.717) is 19.1 Å². The summed E-state index contributed by atoms with van der Waals surface area (Å²) in [4.78, 5) is 5.31. The van der Waals surface area contributed by atoms with Crippen LogP contribution in [0.5, 0.6) is 0 Å². The summed E-state index contributed by atoms with van der Waals surface area (Å²) in [5.41, 5.74) is 5.77. The minimum Gasteiger partial charge on any atom is -0.348 e. The quantitative estimate of drug-likeness (QED) is 0.364. The zero-order valence-corrected chi connectivity index (χ0v) is 20.8. The Kier molecular flexibility index (Phi) is 7.04. The molecule has 1 heterocycles. The summed E-state index contributed by atoms with van der Waals surface area (Å²) in [6.07, 6.45) is 13.8. The van der Waals surface area contributed by atoms with Crippen molar-refractivity contribution in [1.29, 1.82) is 0 Å². The molecule has 0 radical (unpaired) electrons. The van der Waals surface area contributed by atoms with Gasteiger partial charge in [-0.3, -0.25) is 4.99 Å². The molecule has 3 nitrogen and oxygen atoms in total. The van der Waals surface area contributed by atoms with Gasteiger partial charge in [0.1, 0.15) is 0 Å². The Hall–Kier alpha value is -2.23. The Morgan fingerprint density at radius 2 is 1.79 bits per heavy atom. The average Bonchev–Trinajstić information content (AvgIpc) is 3.47. The second-order valence-electron chi connectivity index (χ2n) is 10.6. The van der Waals surface area contributed by atoms with Gasteiger partial charge in [0.25, 0.3) is 0 Å². The second kappa shape index (κ2) is 10.2. The first-order chi connectivity index (χ1) is 16.6. The van der Waals surface area contributed by atoms with Gasteiger partial charge in [-0.15, -0.1) is 0 Å². The third kappa shape index (κ3) is 5.06. The number of unbranched alkanes of at least 4 members (excludes halogenated alkanes) is 1. The summed E-state index contributed by atoms with van der Waals surface area (Å²) in [5, 5.41) is 0. The van der Waals surface area contributed by atoms with Crippen molar-refractivity contribution in [1.82, 2.24) is 0 Å². The second-order valence-corrected chi connectivity index (χ2v) is 10.6. The van der Waals surface area contributed by atoms with Crippen LogP contribution in [-0.2, 0) is 15.9 Å². The summed E-state index contributed by atoms with van der Waals surface area (Å²) in [5.74, 6) is 0.184. The zero-order chi connectivity index (χ0) is 23.4. The van der Waals surface area contributed by atoms with Crippen molar-refractivity contribution < 1.29 is 9.47 Å². The minimum absolute atomic E-state index is 0.0547. The topological polar surface area (TPSA) is 30.8 Å². The third-order valence-corrected chi connectivity index (χ3v) is 8.11. The van der Waals surface area contributed by atoms with Crippen LogP contribution in [0.25, 0.3) is 5.57 Å². The highest BCUT2D eigenvalue weighted by Crippen LogP contribution is 2.50. The number of rotatable bonds is 9.